The molecule has 1 aromatic rings. The molecule has 0 saturated heterocycles. The van der Waals surface area contributed by atoms with Gasteiger partial charge in [0.15, 0.2) is 0 Å². The number of rotatable bonds is 5. The molecule has 4 fully saturated rings. The number of carbonyl (C=O) groups is 2. The van der Waals surface area contributed by atoms with Crippen molar-refractivity contribution in [2.24, 2.45) is 23.2 Å². The van der Waals surface area contributed by atoms with Crippen molar-refractivity contribution in [3.63, 3.8) is 0 Å². The van der Waals surface area contributed by atoms with Gasteiger partial charge in [-0.05, 0) is 79.9 Å². The first-order chi connectivity index (χ1) is 12.4. The molecule has 0 aliphatic heterocycles. The highest BCUT2D eigenvalue weighted by Crippen LogP contribution is 2.61. The first-order valence-corrected chi connectivity index (χ1v) is 10.2. The van der Waals surface area contributed by atoms with Gasteiger partial charge in [-0.25, -0.2) is 0 Å². The van der Waals surface area contributed by atoms with Crippen molar-refractivity contribution in [1.29, 1.82) is 0 Å². The van der Waals surface area contributed by atoms with E-state index in [1.54, 1.807) is 18.2 Å². The van der Waals surface area contributed by atoms with E-state index in [4.69, 9.17) is 23.2 Å². The lowest BCUT2D eigenvalue weighted by molar-refractivity contribution is -0.131. The summed E-state index contributed by atoms with van der Waals surface area (Å²) in [5.74, 6) is 2.15. The number of hydrogen-bond donors (Lipinski definition) is 2. The maximum atomic E-state index is 12.5. The van der Waals surface area contributed by atoms with Crippen LogP contribution >= 0.6 is 23.2 Å². The lowest BCUT2D eigenvalue weighted by Gasteiger charge is -2.56. The van der Waals surface area contributed by atoms with Crippen LogP contribution in [0.2, 0.25) is 10.0 Å². The maximum Gasteiger partial charge on any atom is 0.243 e. The Bertz CT molecular complexity index is 699. The Morgan fingerprint density at radius 3 is 2.23 bits per heavy atom. The SMILES string of the molecule is O=C(CC12CC3CC(CC(C3)C1)C2)NCC(=O)Nc1cc(Cl)ccc1Cl. The molecule has 0 radical (unpaired) electrons. The van der Waals surface area contributed by atoms with E-state index in [1.807, 2.05) is 0 Å². The predicted octanol–water partition coefficient (Wildman–Crippen LogP) is 4.65. The number of amides is 2. The molecule has 1 aromatic carbocycles. The first-order valence-electron chi connectivity index (χ1n) is 9.42. The fourth-order valence-corrected chi connectivity index (χ4v) is 6.21. The van der Waals surface area contributed by atoms with Gasteiger partial charge >= 0.3 is 0 Å². The van der Waals surface area contributed by atoms with E-state index in [1.165, 1.54) is 38.5 Å². The molecule has 4 aliphatic carbocycles. The number of halogens is 2. The molecule has 0 atom stereocenters. The van der Waals surface area contributed by atoms with Gasteiger partial charge in [0.1, 0.15) is 0 Å². The van der Waals surface area contributed by atoms with Gasteiger partial charge < -0.3 is 10.6 Å². The summed E-state index contributed by atoms with van der Waals surface area (Å²) >= 11 is 12.0. The second-order valence-electron chi connectivity index (χ2n) is 8.54. The van der Waals surface area contributed by atoms with Crippen LogP contribution < -0.4 is 10.6 Å². The van der Waals surface area contributed by atoms with Gasteiger partial charge in [-0.3, -0.25) is 9.59 Å². The summed E-state index contributed by atoms with van der Waals surface area (Å²) in [5.41, 5.74) is 0.644. The Kier molecular flexibility index (Phi) is 4.91. The van der Waals surface area contributed by atoms with E-state index in [0.29, 0.717) is 22.2 Å². The molecule has 5 rings (SSSR count). The van der Waals surface area contributed by atoms with Crippen LogP contribution in [0.1, 0.15) is 44.9 Å². The molecule has 140 valence electrons. The van der Waals surface area contributed by atoms with Crippen LogP contribution in [0.5, 0.6) is 0 Å². The summed E-state index contributed by atoms with van der Waals surface area (Å²) in [6.45, 7) is -0.0476. The Morgan fingerprint density at radius 1 is 1.00 bits per heavy atom. The number of nitrogens with one attached hydrogen (secondary N) is 2. The zero-order valence-electron chi connectivity index (χ0n) is 14.7. The van der Waals surface area contributed by atoms with Gasteiger partial charge in [-0.2, -0.15) is 0 Å². The Morgan fingerprint density at radius 2 is 1.62 bits per heavy atom. The molecule has 0 spiro atoms. The lowest BCUT2D eigenvalue weighted by Crippen LogP contribution is -2.48. The molecule has 0 aromatic heterocycles. The lowest BCUT2D eigenvalue weighted by atomic mass is 9.49. The third kappa shape index (κ3) is 3.86. The third-order valence-electron chi connectivity index (χ3n) is 6.35. The van der Waals surface area contributed by atoms with Crippen LogP contribution in [0.25, 0.3) is 0 Å². The highest BCUT2D eigenvalue weighted by Gasteiger charge is 2.51. The summed E-state index contributed by atoms with van der Waals surface area (Å²) in [5, 5.41) is 6.40. The van der Waals surface area contributed by atoms with E-state index in [2.05, 4.69) is 10.6 Å². The fraction of sp³-hybridized carbons (Fsp3) is 0.600. The van der Waals surface area contributed by atoms with Crippen LogP contribution in [0.4, 0.5) is 5.69 Å². The zero-order valence-corrected chi connectivity index (χ0v) is 16.2. The van der Waals surface area contributed by atoms with Gasteiger partial charge in [0, 0.05) is 11.4 Å². The normalized spacial score (nSPS) is 31.7. The van der Waals surface area contributed by atoms with Gasteiger partial charge in [0.25, 0.3) is 0 Å². The van der Waals surface area contributed by atoms with Crippen molar-refractivity contribution >= 4 is 40.7 Å². The van der Waals surface area contributed by atoms with Crippen molar-refractivity contribution < 1.29 is 9.59 Å². The molecule has 4 saturated carbocycles. The highest BCUT2D eigenvalue weighted by atomic mass is 35.5. The summed E-state index contributed by atoms with van der Waals surface area (Å²) < 4.78 is 0. The van der Waals surface area contributed by atoms with Crippen molar-refractivity contribution in [3.05, 3.63) is 28.2 Å². The predicted molar refractivity (Wildman–Crippen MR) is 103 cm³/mol. The number of benzene rings is 1. The van der Waals surface area contributed by atoms with Crippen molar-refractivity contribution in [3.8, 4) is 0 Å². The van der Waals surface area contributed by atoms with Gasteiger partial charge in [-0.1, -0.05) is 23.2 Å². The molecule has 4 bridgehead atoms. The molecule has 0 unspecified atom stereocenters. The molecule has 0 heterocycles. The van der Waals surface area contributed by atoms with Crippen molar-refractivity contribution in [2.45, 2.75) is 44.9 Å². The van der Waals surface area contributed by atoms with E-state index in [0.717, 1.165) is 17.8 Å². The molecule has 4 nitrogen and oxygen atoms in total. The van der Waals surface area contributed by atoms with Gasteiger partial charge in [0.05, 0.1) is 17.3 Å². The quantitative estimate of drug-likeness (QED) is 0.762. The smallest absolute Gasteiger partial charge is 0.243 e. The van der Waals surface area contributed by atoms with Crippen molar-refractivity contribution in [1.82, 2.24) is 5.32 Å². The van der Waals surface area contributed by atoms with Crippen LogP contribution in [-0.2, 0) is 9.59 Å². The Balaban J connectivity index is 1.29. The summed E-state index contributed by atoms with van der Waals surface area (Å²) in [4.78, 5) is 24.6. The summed E-state index contributed by atoms with van der Waals surface area (Å²) in [6, 6.07) is 4.89. The Labute approximate surface area is 164 Å². The van der Waals surface area contributed by atoms with Gasteiger partial charge in [-0.15, -0.1) is 0 Å². The largest absolute Gasteiger partial charge is 0.347 e. The highest BCUT2D eigenvalue weighted by molar-refractivity contribution is 6.35. The average Bonchev–Trinajstić information content (AvgIpc) is 2.55. The minimum atomic E-state index is -0.298. The van der Waals surface area contributed by atoms with Crippen LogP contribution in [0.3, 0.4) is 0 Å². The van der Waals surface area contributed by atoms with Crippen molar-refractivity contribution in [2.75, 3.05) is 11.9 Å². The zero-order chi connectivity index (χ0) is 18.3. The number of anilines is 1. The molecular weight excluding hydrogens is 371 g/mol. The maximum absolute atomic E-state index is 12.5. The molecule has 26 heavy (non-hydrogen) atoms. The van der Waals surface area contributed by atoms with Crippen LogP contribution in [-0.4, -0.2) is 18.4 Å². The van der Waals surface area contributed by atoms with Crippen LogP contribution in [0.15, 0.2) is 18.2 Å². The Hall–Kier alpha value is -1.26. The molecule has 2 amide bonds. The minimum Gasteiger partial charge on any atom is -0.347 e. The number of hydrogen-bond acceptors (Lipinski definition) is 2. The molecule has 4 aliphatic rings. The molecule has 6 heteroatoms. The summed E-state index contributed by atoms with van der Waals surface area (Å²) in [6.07, 6.45) is 8.23. The average molecular weight is 395 g/mol. The fourth-order valence-electron chi connectivity index (χ4n) is 5.88. The second-order valence-corrected chi connectivity index (χ2v) is 9.39. The minimum absolute atomic E-state index is 0.0145. The molecule has 2 N–H and O–H groups in total. The third-order valence-corrected chi connectivity index (χ3v) is 6.91. The van der Waals surface area contributed by atoms with E-state index >= 15 is 0 Å². The summed E-state index contributed by atoms with van der Waals surface area (Å²) in [7, 11) is 0. The van der Waals surface area contributed by atoms with E-state index in [9.17, 15) is 9.59 Å². The van der Waals surface area contributed by atoms with E-state index in [-0.39, 0.29) is 23.8 Å². The topological polar surface area (TPSA) is 58.2 Å². The monoisotopic (exact) mass is 394 g/mol. The molecular formula is C20H24Cl2N2O2. The first kappa shape index (κ1) is 18.1. The standard InChI is InChI=1S/C20H24Cl2N2O2/c21-15-1-2-16(22)17(6-15)24-19(26)11-23-18(25)10-20-7-12-3-13(8-20)5-14(4-12)9-20/h1-2,6,12-14H,3-5,7-11H2,(H,23,25)(H,24,26). The van der Waals surface area contributed by atoms with E-state index < -0.39 is 0 Å². The van der Waals surface area contributed by atoms with Crippen LogP contribution in [0, 0.1) is 23.2 Å². The number of carbonyl (C=O) groups excluding carboxylic acids is 2. The second kappa shape index (κ2) is 7.05. The van der Waals surface area contributed by atoms with Gasteiger partial charge in [0.2, 0.25) is 11.8 Å².